The first kappa shape index (κ1) is 37.0. The van der Waals surface area contributed by atoms with Crippen LogP contribution < -0.4 is 20.1 Å². The summed E-state index contributed by atoms with van der Waals surface area (Å²) < 4.78 is 56.8. The number of carbonyl (C=O) groups excluding carboxylic acids is 3. The fraction of sp³-hybridized carbons (Fsp3) is 0.405. The van der Waals surface area contributed by atoms with Gasteiger partial charge in [-0.25, -0.2) is 9.24 Å². The first-order valence-electron chi connectivity index (χ1n) is 16.5. The summed E-state index contributed by atoms with van der Waals surface area (Å²) in [6.07, 6.45) is -0.0906. The van der Waals surface area contributed by atoms with Gasteiger partial charge in [0.05, 0.1) is 13.1 Å². The Morgan fingerprint density at radius 2 is 1.76 bits per heavy atom. The molecule has 2 N–H and O–H groups in total. The second-order valence-corrected chi connectivity index (χ2v) is 13.4. The fourth-order valence-electron chi connectivity index (χ4n) is 6.18. The average molecular weight is 708 g/mol. The van der Waals surface area contributed by atoms with E-state index in [1.807, 2.05) is 11.0 Å². The van der Waals surface area contributed by atoms with Gasteiger partial charge in [-0.1, -0.05) is 24.3 Å². The number of hydrogen-bond acceptors (Lipinski definition) is 8. The summed E-state index contributed by atoms with van der Waals surface area (Å²) in [4.78, 5) is 46.7. The van der Waals surface area contributed by atoms with Crippen LogP contribution >= 0.6 is 0 Å². The van der Waals surface area contributed by atoms with E-state index in [0.29, 0.717) is 60.9 Å². The number of benzene rings is 3. The molecule has 3 aromatic rings. The zero-order valence-corrected chi connectivity index (χ0v) is 28.7. The van der Waals surface area contributed by atoms with Crippen LogP contribution in [0.15, 0.2) is 54.6 Å². The molecule has 0 aromatic heterocycles. The second-order valence-electron chi connectivity index (χ2n) is 13.4. The van der Waals surface area contributed by atoms with Gasteiger partial charge < -0.3 is 29.7 Å². The van der Waals surface area contributed by atoms with Crippen molar-refractivity contribution in [1.29, 1.82) is 0 Å². The molecule has 0 unspecified atom stereocenters. The Kier molecular flexibility index (Phi) is 11.4. The van der Waals surface area contributed by atoms with Crippen molar-refractivity contribution < 1.29 is 41.8 Å². The summed E-state index contributed by atoms with van der Waals surface area (Å²) in [7, 11) is 0. The molecule has 0 aliphatic carbocycles. The largest absolute Gasteiger partial charge is 0.488 e. The molecule has 0 radical (unpaired) electrons. The maximum absolute atomic E-state index is 15.3. The fourth-order valence-corrected chi connectivity index (χ4v) is 6.18. The van der Waals surface area contributed by atoms with Crippen molar-refractivity contribution in [2.75, 3.05) is 31.1 Å². The number of piperazine rings is 1. The standard InChI is InChI=1S/C37H40F3N5O6/c1-37(2,3)51-33(46)13-12-30(34(41)47)45-21-27-26(35(45)48)6-5-7-31(27)49-22-24-9-8-23(18-28(24)38)20-43-14-16-44(17-15-43)25-10-11-29(42-4)32(19-25)50-36(39)40/h5-11,18-19,30,36H,12-17,20-22H2,1-3H3,(H2,41,47)/t30-/m0/s1. The van der Waals surface area contributed by atoms with Gasteiger partial charge in [0, 0.05) is 61.5 Å². The van der Waals surface area contributed by atoms with Crippen molar-refractivity contribution >= 4 is 29.2 Å². The van der Waals surface area contributed by atoms with E-state index >= 15 is 4.39 Å². The van der Waals surface area contributed by atoms with Gasteiger partial charge in [0.2, 0.25) is 11.6 Å². The number of nitrogens with two attached hydrogens (primary N) is 1. The highest BCUT2D eigenvalue weighted by molar-refractivity contribution is 6.01. The quantitative estimate of drug-likeness (QED) is 0.175. The molecule has 1 fully saturated rings. The van der Waals surface area contributed by atoms with Crippen LogP contribution in [0.25, 0.3) is 4.85 Å². The minimum atomic E-state index is -3.03. The van der Waals surface area contributed by atoms with E-state index in [-0.39, 0.29) is 37.4 Å². The molecule has 2 amide bonds. The third-order valence-electron chi connectivity index (χ3n) is 8.62. The average Bonchev–Trinajstić information content (AvgIpc) is 3.39. The Balaban J connectivity index is 1.16. The lowest BCUT2D eigenvalue weighted by molar-refractivity contribution is -0.155. The van der Waals surface area contributed by atoms with Crippen LogP contribution in [0.5, 0.6) is 11.5 Å². The predicted octanol–water partition coefficient (Wildman–Crippen LogP) is 5.81. The maximum Gasteiger partial charge on any atom is 0.386 e. The van der Waals surface area contributed by atoms with Crippen LogP contribution in [0.3, 0.4) is 0 Å². The number of hydrogen-bond donors (Lipinski definition) is 1. The molecule has 1 atom stereocenters. The van der Waals surface area contributed by atoms with Gasteiger partial charge in [-0.15, -0.1) is 0 Å². The highest BCUT2D eigenvalue weighted by atomic mass is 19.3. The Morgan fingerprint density at radius 1 is 1.02 bits per heavy atom. The molecule has 11 nitrogen and oxygen atoms in total. The van der Waals surface area contributed by atoms with Gasteiger partial charge in [0.15, 0.2) is 0 Å². The Hall–Kier alpha value is -5.29. The van der Waals surface area contributed by atoms with Crippen LogP contribution in [0, 0.1) is 12.4 Å². The van der Waals surface area contributed by atoms with Crippen molar-refractivity contribution in [3.63, 3.8) is 0 Å². The van der Waals surface area contributed by atoms with Crippen LogP contribution in [-0.2, 0) is 34.0 Å². The second kappa shape index (κ2) is 15.7. The van der Waals surface area contributed by atoms with Crippen LogP contribution in [0.1, 0.15) is 60.7 Å². The maximum atomic E-state index is 15.3. The molecule has 51 heavy (non-hydrogen) atoms. The highest BCUT2D eigenvalue weighted by Crippen LogP contribution is 2.35. The van der Waals surface area contributed by atoms with E-state index < -0.39 is 41.9 Å². The number of nitrogens with zero attached hydrogens (tertiary/aromatic N) is 4. The number of alkyl halides is 2. The Bertz CT molecular complexity index is 1820. The van der Waals surface area contributed by atoms with Gasteiger partial charge in [-0.2, -0.15) is 8.78 Å². The number of primary amides is 1. The van der Waals surface area contributed by atoms with Crippen molar-refractivity contribution in [1.82, 2.24) is 9.80 Å². The number of esters is 1. The van der Waals surface area contributed by atoms with Gasteiger partial charge in [0.1, 0.15) is 35.6 Å². The van der Waals surface area contributed by atoms with Gasteiger partial charge >= 0.3 is 12.6 Å². The smallest absolute Gasteiger partial charge is 0.386 e. The third-order valence-corrected chi connectivity index (χ3v) is 8.62. The lowest BCUT2D eigenvalue weighted by atomic mass is 10.1. The molecule has 270 valence electrons. The molecule has 1 saturated heterocycles. The predicted molar refractivity (Wildman–Crippen MR) is 182 cm³/mol. The number of anilines is 1. The number of rotatable bonds is 13. The first-order chi connectivity index (χ1) is 24.2. The van der Waals surface area contributed by atoms with E-state index in [1.165, 1.54) is 23.1 Å². The summed E-state index contributed by atoms with van der Waals surface area (Å²) in [5, 5.41) is 0. The van der Waals surface area contributed by atoms with Crippen molar-refractivity contribution in [2.45, 2.75) is 71.6 Å². The minimum absolute atomic E-state index is 0.00521. The molecule has 2 aliphatic rings. The summed E-state index contributed by atoms with van der Waals surface area (Å²) in [6.45, 7) is 12.3. The number of ether oxygens (including phenoxy) is 3. The van der Waals surface area contributed by atoms with Gasteiger partial charge in [-0.3, -0.25) is 19.3 Å². The lowest BCUT2D eigenvalue weighted by Gasteiger charge is -2.36. The monoisotopic (exact) mass is 707 g/mol. The number of fused-ring (bicyclic) bond motifs is 1. The van der Waals surface area contributed by atoms with Crippen molar-refractivity contribution in [3.8, 4) is 11.5 Å². The molecule has 2 aliphatic heterocycles. The number of carbonyl (C=O) groups is 3. The minimum Gasteiger partial charge on any atom is -0.488 e. The van der Waals surface area contributed by atoms with Crippen molar-refractivity contribution in [3.05, 3.63) is 94.1 Å². The Morgan fingerprint density at radius 3 is 2.41 bits per heavy atom. The molecule has 0 spiro atoms. The molecule has 0 bridgehead atoms. The molecule has 3 aromatic carbocycles. The molecule has 14 heteroatoms. The van der Waals surface area contributed by atoms with E-state index in [0.717, 1.165) is 5.56 Å². The molecular formula is C37H40F3N5O6. The molecule has 2 heterocycles. The van der Waals surface area contributed by atoms with E-state index in [9.17, 15) is 23.2 Å². The van der Waals surface area contributed by atoms with E-state index in [4.69, 9.17) is 21.8 Å². The van der Waals surface area contributed by atoms with Gasteiger partial charge in [-0.05, 0) is 63.1 Å². The lowest BCUT2D eigenvalue weighted by Crippen LogP contribution is -2.46. The topological polar surface area (TPSA) is 119 Å². The van der Waals surface area contributed by atoms with Gasteiger partial charge in [0.25, 0.3) is 5.91 Å². The normalized spacial score (nSPS) is 15.4. The summed E-state index contributed by atoms with van der Waals surface area (Å²) in [5.41, 5.74) is 7.63. The summed E-state index contributed by atoms with van der Waals surface area (Å²) in [6, 6.07) is 13.5. The SMILES string of the molecule is [C-]#[N+]c1ccc(N2CCN(Cc3ccc(COc4cccc5c4CN([C@@H](CCC(=O)OC(C)(C)C)C(N)=O)C5=O)c(F)c3)CC2)cc1OC(F)F. The number of halogens is 3. The number of amides is 2. The van der Waals surface area contributed by atoms with Crippen LogP contribution in [0.4, 0.5) is 24.5 Å². The molecule has 5 rings (SSSR count). The summed E-state index contributed by atoms with van der Waals surface area (Å²) >= 11 is 0. The van der Waals surface area contributed by atoms with E-state index in [2.05, 4.69) is 14.5 Å². The van der Waals surface area contributed by atoms with Crippen LogP contribution in [0.2, 0.25) is 0 Å². The zero-order chi connectivity index (χ0) is 36.9. The first-order valence-corrected chi connectivity index (χ1v) is 16.5. The third kappa shape index (κ3) is 9.29. The van der Waals surface area contributed by atoms with Crippen molar-refractivity contribution in [2.24, 2.45) is 5.73 Å². The highest BCUT2D eigenvalue weighted by Gasteiger charge is 2.37. The van der Waals surface area contributed by atoms with Crippen LogP contribution in [-0.4, -0.2) is 72.0 Å². The zero-order valence-electron chi connectivity index (χ0n) is 28.7. The molecular weight excluding hydrogens is 667 g/mol. The summed E-state index contributed by atoms with van der Waals surface area (Å²) in [5.74, 6) is -1.89. The molecule has 0 saturated carbocycles. The Labute approximate surface area is 294 Å². The van der Waals surface area contributed by atoms with E-state index in [1.54, 1.807) is 51.1 Å².